The summed E-state index contributed by atoms with van der Waals surface area (Å²) in [6.07, 6.45) is 6.24. The molecule has 0 aromatic carbocycles. The Balaban J connectivity index is 1.97. The molecule has 0 aliphatic heterocycles. The van der Waals surface area contributed by atoms with E-state index < -0.39 is 0 Å². The molecule has 3 aromatic heterocycles. The lowest BCUT2D eigenvalue weighted by Gasteiger charge is -2.05. The number of nitrogens with zero attached hydrogens (tertiary/aromatic N) is 4. The minimum Gasteiger partial charge on any atom is -0.354 e. The Kier molecular flexibility index (Phi) is 3.32. The highest BCUT2D eigenvalue weighted by Gasteiger charge is 2.11. The topological polar surface area (TPSA) is 95.2 Å². The zero-order chi connectivity index (χ0) is 13.1. The van der Waals surface area contributed by atoms with Crippen LogP contribution in [0.4, 0.5) is 5.95 Å². The van der Waals surface area contributed by atoms with Gasteiger partial charge in [-0.05, 0) is 18.2 Å². The molecule has 0 unspecified atom stereocenters. The Morgan fingerprint density at radius 3 is 3.11 bits per heavy atom. The van der Waals surface area contributed by atoms with Crippen molar-refractivity contribution in [2.45, 2.75) is 23.5 Å². The molecule has 3 rings (SSSR count). The molecule has 0 spiro atoms. The molecule has 0 saturated carbocycles. The molecule has 8 heteroatoms. The first-order chi connectivity index (χ1) is 9.36. The van der Waals surface area contributed by atoms with Gasteiger partial charge in [0, 0.05) is 18.9 Å². The molecule has 98 valence electrons. The summed E-state index contributed by atoms with van der Waals surface area (Å²) in [5, 5.41) is 12.6. The van der Waals surface area contributed by atoms with Crippen LogP contribution in [0.25, 0.3) is 11.0 Å². The summed E-state index contributed by atoms with van der Waals surface area (Å²) in [4.78, 5) is 16.1. The SMILES string of the molecule is CCCNc1nc(Sc2ncc[nH]2)c2cn[nH]c2n1. The van der Waals surface area contributed by atoms with Gasteiger partial charge in [-0.2, -0.15) is 10.1 Å². The van der Waals surface area contributed by atoms with Gasteiger partial charge in [0.2, 0.25) is 5.95 Å². The van der Waals surface area contributed by atoms with Gasteiger partial charge in [-0.1, -0.05) is 6.92 Å². The molecule has 3 N–H and O–H groups in total. The van der Waals surface area contributed by atoms with E-state index in [-0.39, 0.29) is 0 Å². The molecule has 0 aliphatic rings. The minimum absolute atomic E-state index is 0.604. The summed E-state index contributed by atoms with van der Waals surface area (Å²) in [7, 11) is 0. The predicted molar refractivity (Wildman–Crippen MR) is 73.2 cm³/mol. The number of hydrogen-bond acceptors (Lipinski definition) is 6. The van der Waals surface area contributed by atoms with Gasteiger partial charge in [0.05, 0.1) is 11.6 Å². The van der Waals surface area contributed by atoms with E-state index >= 15 is 0 Å². The number of nitrogens with one attached hydrogen (secondary N) is 3. The second-order valence-electron chi connectivity index (χ2n) is 3.91. The van der Waals surface area contributed by atoms with E-state index in [4.69, 9.17) is 0 Å². The van der Waals surface area contributed by atoms with E-state index in [0.717, 1.165) is 34.2 Å². The summed E-state index contributed by atoms with van der Waals surface area (Å²) in [6, 6.07) is 0. The Morgan fingerprint density at radius 2 is 2.32 bits per heavy atom. The van der Waals surface area contributed by atoms with Gasteiger partial charge in [-0.3, -0.25) is 5.10 Å². The number of rotatable bonds is 5. The quantitative estimate of drug-likeness (QED) is 0.617. The van der Waals surface area contributed by atoms with Gasteiger partial charge in [0.25, 0.3) is 0 Å². The van der Waals surface area contributed by atoms with Crippen molar-refractivity contribution in [3.63, 3.8) is 0 Å². The molecule has 0 saturated heterocycles. The molecule has 0 fully saturated rings. The van der Waals surface area contributed by atoms with E-state index in [1.165, 1.54) is 11.8 Å². The van der Waals surface area contributed by atoms with Crippen LogP contribution in [-0.2, 0) is 0 Å². The zero-order valence-corrected chi connectivity index (χ0v) is 11.2. The lowest BCUT2D eigenvalue weighted by Crippen LogP contribution is -2.05. The van der Waals surface area contributed by atoms with Crippen molar-refractivity contribution in [2.75, 3.05) is 11.9 Å². The molecule has 3 aromatic rings. The van der Waals surface area contributed by atoms with Crippen LogP contribution in [0.2, 0.25) is 0 Å². The smallest absolute Gasteiger partial charge is 0.225 e. The number of aromatic amines is 2. The van der Waals surface area contributed by atoms with Crippen LogP contribution in [0.5, 0.6) is 0 Å². The molecule has 0 radical (unpaired) electrons. The summed E-state index contributed by atoms with van der Waals surface area (Å²) in [5.74, 6) is 0.604. The monoisotopic (exact) mass is 275 g/mol. The van der Waals surface area contributed by atoms with E-state index in [2.05, 4.69) is 42.4 Å². The summed E-state index contributed by atoms with van der Waals surface area (Å²) in [5.41, 5.74) is 0.725. The zero-order valence-electron chi connectivity index (χ0n) is 10.3. The van der Waals surface area contributed by atoms with Crippen molar-refractivity contribution in [3.8, 4) is 0 Å². The maximum absolute atomic E-state index is 4.51. The number of H-pyrrole nitrogens is 2. The Morgan fingerprint density at radius 1 is 1.37 bits per heavy atom. The molecule has 0 atom stereocenters. The highest BCUT2D eigenvalue weighted by molar-refractivity contribution is 7.99. The predicted octanol–water partition coefficient (Wildman–Crippen LogP) is 2.05. The van der Waals surface area contributed by atoms with Crippen molar-refractivity contribution in [2.24, 2.45) is 0 Å². The fourth-order valence-corrected chi connectivity index (χ4v) is 2.42. The molecule has 3 heterocycles. The van der Waals surface area contributed by atoms with Crippen LogP contribution in [0.1, 0.15) is 13.3 Å². The minimum atomic E-state index is 0.604. The standard InChI is InChI=1S/C11H13N7S/c1-2-3-12-10-16-8-7(6-15-18-8)9(17-10)19-11-13-4-5-14-11/h4-6H,2-3H2,1H3,(H,13,14)(H2,12,15,16,17,18). The summed E-state index contributed by atoms with van der Waals surface area (Å²) >= 11 is 1.46. The molecule has 0 amide bonds. The molecule has 19 heavy (non-hydrogen) atoms. The van der Waals surface area contributed by atoms with Gasteiger partial charge in [0.15, 0.2) is 10.8 Å². The van der Waals surface area contributed by atoms with Gasteiger partial charge >= 0.3 is 0 Å². The maximum atomic E-state index is 4.51. The third-order valence-corrected chi connectivity index (χ3v) is 3.40. The second kappa shape index (κ2) is 5.27. The van der Waals surface area contributed by atoms with Crippen LogP contribution in [-0.4, -0.2) is 36.7 Å². The first-order valence-electron chi connectivity index (χ1n) is 5.99. The number of aromatic nitrogens is 6. The normalized spacial score (nSPS) is 11.0. The number of hydrogen-bond donors (Lipinski definition) is 3. The van der Waals surface area contributed by atoms with Crippen LogP contribution < -0.4 is 5.32 Å². The fraction of sp³-hybridized carbons (Fsp3) is 0.273. The largest absolute Gasteiger partial charge is 0.354 e. The van der Waals surface area contributed by atoms with Gasteiger partial charge in [-0.25, -0.2) is 9.97 Å². The van der Waals surface area contributed by atoms with E-state index in [0.29, 0.717) is 5.95 Å². The van der Waals surface area contributed by atoms with Crippen LogP contribution in [0.3, 0.4) is 0 Å². The van der Waals surface area contributed by atoms with Crippen LogP contribution in [0, 0.1) is 0 Å². The van der Waals surface area contributed by atoms with E-state index in [1.54, 1.807) is 18.6 Å². The van der Waals surface area contributed by atoms with Gasteiger partial charge in [0.1, 0.15) is 5.03 Å². The molecule has 7 nitrogen and oxygen atoms in total. The van der Waals surface area contributed by atoms with Gasteiger partial charge in [-0.15, -0.1) is 0 Å². The van der Waals surface area contributed by atoms with Crippen molar-refractivity contribution in [3.05, 3.63) is 18.6 Å². The molecular formula is C11H13N7S. The Hall–Kier alpha value is -2.09. The maximum Gasteiger partial charge on any atom is 0.225 e. The molecule has 0 bridgehead atoms. The first kappa shape index (κ1) is 12.0. The number of fused-ring (bicyclic) bond motifs is 1. The van der Waals surface area contributed by atoms with Crippen molar-refractivity contribution in [1.29, 1.82) is 0 Å². The van der Waals surface area contributed by atoms with Crippen molar-refractivity contribution in [1.82, 2.24) is 30.1 Å². The molecular weight excluding hydrogens is 262 g/mol. The number of imidazole rings is 1. The van der Waals surface area contributed by atoms with Crippen LogP contribution in [0.15, 0.2) is 28.8 Å². The molecule has 0 aliphatic carbocycles. The highest BCUT2D eigenvalue weighted by atomic mass is 32.2. The highest BCUT2D eigenvalue weighted by Crippen LogP contribution is 2.29. The summed E-state index contributed by atoms with van der Waals surface area (Å²) in [6.45, 7) is 2.94. The third-order valence-electron chi connectivity index (χ3n) is 2.47. The lowest BCUT2D eigenvalue weighted by atomic mass is 10.4. The van der Waals surface area contributed by atoms with Crippen molar-refractivity contribution < 1.29 is 0 Å². The fourth-order valence-electron chi connectivity index (χ4n) is 1.60. The Labute approximate surface area is 113 Å². The lowest BCUT2D eigenvalue weighted by molar-refractivity contribution is 0.942. The third kappa shape index (κ3) is 2.53. The summed E-state index contributed by atoms with van der Waals surface area (Å²) < 4.78 is 0. The first-order valence-corrected chi connectivity index (χ1v) is 6.80. The van der Waals surface area contributed by atoms with Crippen LogP contribution >= 0.6 is 11.8 Å². The average molecular weight is 275 g/mol. The van der Waals surface area contributed by atoms with Gasteiger partial charge < -0.3 is 10.3 Å². The number of anilines is 1. The van der Waals surface area contributed by atoms with E-state index in [9.17, 15) is 0 Å². The Bertz CT molecular complexity index is 661. The second-order valence-corrected chi connectivity index (χ2v) is 4.89. The average Bonchev–Trinajstić information content (AvgIpc) is 3.06. The van der Waals surface area contributed by atoms with Crippen molar-refractivity contribution >= 4 is 28.7 Å². The van der Waals surface area contributed by atoms with E-state index in [1.807, 2.05) is 0 Å².